The van der Waals surface area contributed by atoms with Gasteiger partial charge in [0.2, 0.25) is 0 Å². The van der Waals surface area contributed by atoms with Gasteiger partial charge < -0.3 is 10.2 Å². The van der Waals surface area contributed by atoms with Crippen LogP contribution in [0.1, 0.15) is 16.9 Å². The van der Waals surface area contributed by atoms with Crippen LogP contribution < -0.4 is 5.32 Å². The molecule has 1 amide bonds. The fourth-order valence-corrected chi connectivity index (χ4v) is 2.60. The summed E-state index contributed by atoms with van der Waals surface area (Å²) in [5, 5.41) is 3.95. The first kappa shape index (κ1) is 13.8. The van der Waals surface area contributed by atoms with E-state index >= 15 is 0 Å². The Morgan fingerprint density at radius 1 is 1.33 bits per heavy atom. The van der Waals surface area contributed by atoms with Crippen LogP contribution in [-0.2, 0) is 0 Å². The molecule has 1 N–H and O–H groups in total. The lowest BCUT2D eigenvalue weighted by atomic mass is 10.2. The van der Waals surface area contributed by atoms with Gasteiger partial charge in [-0.2, -0.15) is 0 Å². The number of nitrogens with zero attached hydrogens (tertiary/aromatic N) is 3. The average Bonchev–Trinajstić information content (AvgIpc) is 2.98. The molecule has 1 aliphatic heterocycles. The molecule has 0 aromatic carbocycles. The smallest absolute Gasteiger partial charge is 0.272 e. The molecule has 21 heavy (non-hydrogen) atoms. The molecule has 1 atom stereocenters. The van der Waals surface area contributed by atoms with Crippen LogP contribution in [0.2, 0.25) is 5.02 Å². The Morgan fingerprint density at radius 3 is 3.00 bits per heavy atom. The molecule has 0 saturated carbocycles. The van der Waals surface area contributed by atoms with Gasteiger partial charge in [-0.05, 0) is 24.6 Å². The van der Waals surface area contributed by atoms with Crippen LogP contribution in [0.25, 0.3) is 0 Å². The average molecular weight is 303 g/mol. The fraction of sp³-hybridized carbons (Fsp3) is 0.267. The number of carbonyl (C=O) groups is 1. The predicted molar refractivity (Wildman–Crippen MR) is 81.4 cm³/mol. The van der Waals surface area contributed by atoms with E-state index in [0.29, 0.717) is 17.3 Å². The van der Waals surface area contributed by atoms with Crippen molar-refractivity contribution >= 4 is 23.2 Å². The predicted octanol–water partition coefficient (Wildman–Crippen LogP) is 2.46. The number of hydrogen-bond acceptors (Lipinski definition) is 4. The molecule has 0 spiro atoms. The van der Waals surface area contributed by atoms with E-state index in [1.807, 2.05) is 17.0 Å². The minimum atomic E-state index is -0.0271. The highest BCUT2D eigenvalue weighted by Crippen LogP contribution is 2.23. The quantitative estimate of drug-likeness (QED) is 0.946. The largest absolute Gasteiger partial charge is 0.379 e. The zero-order valence-electron chi connectivity index (χ0n) is 11.4. The van der Waals surface area contributed by atoms with Gasteiger partial charge in [0.25, 0.3) is 5.91 Å². The van der Waals surface area contributed by atoms with Crippen molar-refractivity contribution < 1.29 is 4.79 Å². The lowest BCUT2D eigenvalue weighted by Gasteiger charge is -2.17. The van der Waals surface area contributed by atoms with E-state index in [0.717, 1.165) is 18.7 Å². The third-order valence-corrected chi connectivity index (χ3v) is 3.79. The fourth-order valence-electron chi connectivity index (χ4n) is 2.43. The van der Waals surface area contributed by atoms with Gasteiger partial charge in [-0.3, -0.25) is 14.8 Å². The summed E-state index contributed by atoms with van der Waals surface area (Å²) >= 11 is 6.08. The zero-order valence-corrected chi connectivity index (χ0v) is 12.1. The van der Waals surface area contributed by atoms with E-state index in [4.69, 9.17) is 11.6 Å². The first-order valence-electron chi connectivity index (χ1n) is 6.80. The van der Waals surface area contributed by atoms with Gasteiger partial charge in [-0.1, -0.05) is 17.7 Å². The third kappa shape index (κ3) is 3.13. The number of likely N-dealkylation sites (tertiary alicyclic amines) is 1. The second-order valence-corrected chi connectivity index (χ2v) is 5.36. The van der Waals surface area contributed by atoms with Crippen LogP contribution in [0.4, 0.5) is 5.69 Å². The van der Waals surface area contributed by atoms with Gasteiger partial charge in [-0.15, -0.1) is 0 Å². The second-order valence-electron chi connectivity index (χ2n) is 4.95. The van der Waals surface area contributed by atoms with Crippen LogP contribution in [0.3, 0.4) is 0 Å². The molecule has 1 saturated heterocycles. The normalized spacial score (nSPS) is 17.8. The lowest BCUT2D eigenvalue weighted by Crippen LogP contribution is -2.32. The molecular formula is C15H15ClN4O. The maximum Gasteiger partial charge on any atom is 0.272 e. The van der Waals surface area contributed by atoms with Gasteiger partial charge in [0.05, 0.1) is 10.7 Å². The first-order chi connectivity index (χ1) is 10.2. The molecule has 2 aromatic heterocycles. The molecule has 1 unspecified atom stereocenters. The van der Waals surface area contributed by atoms with Crippen molar-refractivity contribution in [2.24, 2.45) is 0 Å². The highest BCUT2D eigenvalue weighted by atomic mass is 35.5. The van der Waals surface area contributed by atoms with Gasteiger partial charge in [0.15, 0.2) is 0 Å². The first-order valence-corrected chi connectivity index (χ1v) is 7.18. The molecule has 0 radical (unpaired) electrons. The minimum absolute atomic E-state index is 0.0271. The molecule has 3 rings (SSSR count). The summed E-state index contributed by atoms with van der Waals surface area (Å²) in [5.41, 5.74) is 1.34. The van der Waals surface area contributed by atoms with Crippen LogP contribution in [0.5, 0.6) is 0 Å². The molecule has 2 aromatic rings. The second kappa shape index (κ2) is 6.10. The minimum Gasteiger partial charge on any atom is -0.379 e. The van der Waals surface area contributed by atoms with Crippen molar-refractivity contribution in [2.45, 2.75) is 12.5 Å². The van der Waals surface area contributed by atoms with Crippen molar-refractivity contribution in [3.8, 4) is 0 Å². The Balaban J connectivity index is 1.63. The van der Waals surface area contributed by atoms with E-state index in [9.17, 15) is 4.79 Å². The van der Waals surface area contributed by atoms with Crippen LogP contribution >= 0.6 is 11.6 Å². The summed E-state index contributed by atoms with van der Waals surface area (Å²) in [4.78, 5) is 22.2. The van der Waals surface area contributed by atoms with Crippen molar-refractivity contribution in [3.63, 3.8) is 0 Å². The van der Waals surface area contributed by atoms with Crippen molar-refractivity contribution in [1.29, 1.82) is 0 Å². The summed E-state index contributed by atoms with van der Waals surface area (Å²) in [6.45, 7) is 1.36. The van der Waals surface area contributed by atoms with Gasteiger partial charge >= 0.3 is 0 Å². The Hall–Kier alpha value is -2.14. The summed E-state index contributed by atoms with van der Waals surface area (Å²) in [7, 11) is 0. The molecule has 3 heterocycles. The number of nitrogens with one attached hydrogen (secondary N) is 1. The van der Waals surface area contributed by atoms with Crippen molar-refractivity contribution in [3.05, 3.63) is 53.6 Å². The Morgan fingerprint density at radius 2 is 2.24 bits per heavy atom. The standard InChI is InChI=1S/C15H15ClN4O/c16-12-9-17-7-4-13(12)19-11-5-8-20(10-11)15(21)14-3-1-2-6-18-14/h1-4,6-7,9,11H,5,8,10H2,(H,17,19). The van der Waals surface area contributed by atoms with Crippen LogP contribution in [0, 0.1) is 0 Å². The summed E-state index contributed by atoms with van der Waals surface area (Å²) < 4.78 is 0. The molecule has 108 valence electrons. The Labute approximate surface area is 128 Å². The maximum atomic E-state index is 12.3. The number of halogens is 1. The summed E-state index contributed by atoms with van der Waals surface area (Å²) in [6, 6.07) is 7.39. The molecule has 5 nitrogen and oxygen atoms in total. The highest BCUT2D eigenvalue weighted by Gasteiger charge is 2.27. The van der Waals surface area contributed by atoms with E-state index in [1.165, 1.54) is 0 Å². The van der Waals surface area contributed by atoms with E-state index in [1.54, 1.807) is 30.7 Å². The van der Waals surface area contributed by atoms with Crippen LogP contribution in [-0.4, -0.2) is 39.9 Å². The number of pyridine rings is 2. The van der Waals surface area contributed by atoms with Gasteiger partial charge in [0, 0.05) is 37.7 Å². The summed E-state index contributed by atoms with van der Waals surface area (Å²) in [5.74, 6) is -0.0271. The maximum absolute atomic E-state index is 12.3. The number of amides is 1. The van der Waals surface area contributed by atoms with Crippen molar-refractivity contribution in [2.75, 3.05) is 18.4 Å². The van der Waals surface area contributed by atoms with Crippen LogP contribution in [0.15, 0.2) is 42.9 Å². The number of carbonyl (C=O) groups excluding carboxylic acids is 1. The molecular weight excluding hydrogens is 288 g/mol. The molecule has 0 aliphatic carbocycles. The number of aromatic nitrogens is 2. The number of anilines is 1. The lowest BCUT2D eigenvalue weighted by molar-refractivity contribution is 0.0786. The SMILES string of the molecule is O=C(c1ccccn1)N1CCC(Nc2ccncc2Cl)C1. The molecule has 6 heteroatoms. The summed E-state index contributed by atoms with van der Waals surface area (Å²) in [6.07, 6.45) is 5.82. The molecule has 1 aliphatic rings. The number of hydrogen-bond donors (Lipinski definition) is 1. The topological polar surface area (TPSA) is 58.1 Å². The zero-order chi connectivity index (χ0) is 14.7. The van der Waals surface area contributed by atoms with Crippen molar-refractivity contribution in [1.82, 2.24) is 14.9 Å². The molecule has 1 fully saturated rings. The Kier molecular flexibility index (Phi) is 4.01. The van der Waals surface area contributed by atoms with Gasteiger partial charge in [0.1, 0.15) is 5.69 Å². The number of rotatable bonds is 3. The third-order valence-electron chi connectivity index (χ3n) is 3.49. The van der Waals surface area contributed by atoms with E-state index in [-0.39, 0.29) is 11.9 Å². The monoisotopic (exact) mass is 302 g/mol. The molecule has 0 bridgehead atoms. The Bertz CT molecular complexity index is 635. The highest BCUT2D eigenvalue weighted by molar-refractivity contribution is 6.33. The van der Waals surface area contributed by atoms with Gasteiger partial charge in [-0.25, -0.2) is 0 Å². The van der Waals surface area contributed by atoms with E-state index < -0.39 is 0 Å². The van der Waals surface area contributed by atoms with E-state index in [2.05, 4.69) is 15.3 Å².